The first-order chi connectivity index (χ1) is 13.7. The average Bonchev–Trinajstić information content (AvgIpc) is 3.09. The molecule has 6 nitrogen and oxygen atoms in total. The van der Waals surface area contributed by atoms with Crippen LogP contribution in [0, 0.1) is 0 Å². The molecule has 2 N–H and O–H groups in total. The van der Waals surface area contributed by atoms with Gasteiger partial charge in [0.1, 0.15) is 22.7 Å². The van der Waals surface area contributed by atoms with Crippen molar-refractivity contribution in [3.63, 3.8) is 0 Å². The number of carbonyl (C=O) groups excluding carboxylic acids is 1. The molecular weight excluding hydrogens is 356 g/mol. The number of ether oxygens (including phenoxy) is 2. The second kappa shape index (κ2) is 7.52. The van der Waals surface area contributed by atoms with E-state index in [-0.39, 0.29) is 12.5 Å². The Kier molecular flexibility index (Phi) is 4.76. The summed E-state index contributed by atoms with van der Waals surface area (Å²) in [6.07, 6.45) is 0. The van der Waals surface area contributed by atoms with Crippen molar-refractivity contribution >= 4 is 39.2 Å². The molecule has 0 aliphatic heterocycles. The van der Waals surface area contributed by atoms with E-state index in [4.69, 9.17) is 13.9 Å². The van der Waals surface area contributed by atoms with E-state index in [0.717, 1.165) is 27.7 Å². The zero-order valence-corrected chi connectivity index (χ0v) is 15.6. The van der Waals surface area contributed by atoms with E-state index >= 15 is 0 Å². The summed E-state index contributed by atoms with van der Waals surface area (Å²) in [5.41, 5.74) is 2.94. The fourth-order valence-corrected chi connectivity index (χ4v) is 3.11. The first-order valence-electron chi connectivity index (χ1n) is 8.85. The van der Waals surface area contributed by atoms with E-state index in [0.29, 0.717) is 17.1 Å². The van der Waals surface area contributed by atoms with Crippen LogP contribution >= 0.6 is 0 Å². The van der Waals surface area contributed by atoms with Gasteiger partial charge in [-0.1, -0.05) is 18.2 Å². The Morgan fingerprint density at radius 1 is 0.929 bits per heavy atom. The smallest absolute Gasteiger partial charge is 0.243 e. The number of methoxy groups -OCH3 is 2. The molecule has 0 aliphatic carbocycles. The maximum atomic E-state index is 12.3. The van der Waals surface area contributed by atoms with E-state index in [1.807, 2.05) is 36.4 Å². The van der Waals surface area contributed by atoms with Crippen LogP contribution in [0.1, 0.15) is 0 Å². The first-order valence-corrected chi connectivity index (χ1v) is 8.85. The van der Waals surface area contributed by atoms with Crippen LogP contribution in [0.2, 0.25) is 0 Å². The molecular formula is C22H20N2O4. The molecule has 1 aromatic heterocycles. The number of rotatable bonds is 6. The molecule has 0 spiro atoms. The number of carbonyl (C=O) groups is 1. The molecule has 6 heteroatoms. The van der Waals surface area contributed by atoms with E-state index in [9.17, 15) is 4.79 Å². The summed E-state index contributed by atoms with van der Waals surface area (Å²) in [7, 11) is 3.20. The Morgan fingerprint density at radius 3 is 2.46 bits per heavy atom. The number of hydrogen-bond acceptors (Lipinski definition) is 5. The van der Waals surface area contributed by atoms with E-state index in [1.54, 1.807) is 38.5 Å². The molecule has 4 rings (SSSR count). The zero-order chi connectivity index (χ0) is 19.5. The predicted molar refractivity (Wildman–Crippen MR) is 110 cm³/mol. The molecule has 0 bridgehead atoms. The lowest BCUT2D eigenvalue weighted by Crippen LogP contribution is -2.21. The molecule has 0 radical (unpaired) electrons. The van der Waals surface area contributed by atoms with Crippen molar-refractivity contribution in [2.24, 2.45) is 0 Å². The molecule has 142 valence electrons. The Hall–Kier alpha value is -3.67. The van der Waals surface area contributed by atoms with Crippen molar-refractivity contribution in [1.29, 1.82) is 0 Å². The average molecular weight is 376 g/mol. The minimum absolute atomic E-state index is 0.0914. The van der Waals surface area contributed by atoms with E-state index in [1.165, 1.54) is 0 Å². The molecule has 4 aromatic rings. The minimum atomic E-state index is -0.170. The summed E-state index contributed by atoms with van der Waals surface area (Å²) in [6, 6.07) is 18.8. The van der Waals surface area contributed by atoms with Crippen molar-refractivity contribution in [3.05, 3.63) is 60.7 Å². The molecule has 0 fully saturated rings. The number of fused-ring (bicyclic) bond motifs is 3. The van der Waals surface area contributed by atoms with Crippen LogP contribution in [0.5, 0.6) is 11.5 Å². The highest BCUT2D eigenvalue weighted by atomic mass is 16.5. The highest BCUT2D eigenvalue weighted by Crippen LogP contribution is 2.36. The molecule has 1 heterocycles. The number of amides is 1. The Balaban J connectivity index is 1.51. The van der Waals surface area contributed by atoms with Crippen LogP contribution in [0.4, 0.5) is 11.4 Å². The lowest BCUT2D eigenvalue weighted by molar-refractivity contribution is -0.114. The van der Waals surface area contributed by atoms with Gasteiger partial charge in [0.25, 0.3) is 0 Å². The molecule has 0 aliphatic rings. The molecule has 0 atom stereocenters. The molecule has 0 unspecified atom stereocenters. The summed E-state index contributed by atoms with van der Waals surface area (Å²) < 4.78 is 16.5. The second-order valence-corrected chi connectivity index (χ2v) is 6.28. The van der Waals surface area contributed by atoms with Crippen molar-refractivity contribution in [2.45, 2.75) is 0 Å². The SMILES string of the molecule is COc1ccc(NC(=O)CNc2cc3oc4ccccc4c3cc2OC)cc1. The third-order valence-corrected chi connectivity index (χ3v) is 4.51. The van der Waals surface area contributed by atoms with Gasteiger partial charge in [-0.05, 0) is 36.4 Å². The fourth-order valence-electron chi connectivity index (χ4n) is 3.11. The first kappa shape index (κ1) is 17.7. The monoisotopic (exact) mass is 376 g/mol. The lowest BCUT2D eigenvalue weighted by atomic mass is 10.1. The summed E-state index contributed by atoms with van der Waals surface area (Å²) in [6.45, 7) is 0.0914. The van der Waals surface area contributed by atoms with Gasteiger partial charge in [-0.25, -0.2) is 0 Å². The summed E-state index contributed by atoms with van der Waals surface area (Å²) in [5, 5.41) is 7.96. The van der Waals surface area contributed by atoms with E-state index < -0.39 is 0 Å². The number of para-hydroxylation sites is 1. The van der Waals surface area contributed by atoms with Gasteiger partial charge in [-0.15, -0.1) is 0 Å². The largest absolute Gasteiger partial charge is 0.497 e. The van der Waals surface area contributed by atoms with Crippen LogP contribution in [0.15, 0.2) is 65.1 Å². The fraction of sp³-hybridized carbons (Fsp3) is 0.136. The third kappa shape index (κ3) is 3.44. The van der Waals surface area contributed by atoms with Gasteiger partial charge < -0.3 is 24.5 Å². The van der Waals surface area contributed by atoms with Crippen molar-refractivity contribution in [1.82, 2.24) is 0 Å². The highest BCUT2D eigenvalue weighted by molar-refractivity contribution is 6.06. The van der Waals surface area contributed by atoms with Crippen molar-refractivity contribution in [3.8, 4) is 11.5 Å². The van der Waals surface area contributed by atoms with Gasteiger partial charge in [-0.3, -0.25) is 4.79 Å². The topological polar surface area (TPSA) is 72.7 Å². The van der Waals surface area contributed by atoms with Gasteiger partial charge in [-0.2, -0.15) is 0 Å². The van der Waals surface area contributed by atoms with E-state index in [2.05, 4.69) is 10.6 Å². The van der Waals surface area contributed by atoms with Crippen LogP contribution in [0.3, 0.4) is 0 Å². The maximum absolute atomic E-state index is 12.3. The normalized spacial score (nSPS) is 10.8. The molecule has 1 amide bonds. The van der Waals surface area contributed by atoms with Crippen LogP contribution < -0.4 is 20.1 Å². The number of anilines is 2. The van der Waals surface area contributed by atoms with Gasteiger partial charge >= 0.3 is 0 Å². The summed E-state index contributed by atoms with van der Waals surface area (Å²) in [4.78, 5) is 12.3. The minimum Gasteiger partial charge on any atom is -0.497 e. The Morgan fingerprint density at radius 2 is 1.71 bits per heavy atom. The van der Waals surface area contributed by atoms with Crippen molar-refractivity contribution in [2.75, 3.05) is 31.4 Å². The summed E-state index contributed by atoms with van der Waals surface area (Å²) >= 11 is 0. The van der Waals surface area contributed by atoms with Gasteiger partial charge in [0.15, 0.2) is 0 Å². The predicted octanol–water partition coefficient (Wildman–Crippen LogP) is 4.65. The van der Waals surface area contributed by atoms with Crippen LogP contribution in [-0.2, 0) is 4.79 Å². The number of nitrogens with one attached hydrogen (secondary N) is 2. The Labute approximate surface area is 162 Å². The maximum Gasteiger partial charge on any atom is 0.243 e. The summed E-state index contributed by atoms with van der Waals surface area (Å²) in [5.74, 6) is 1.22. The second-order valence-electron chi connectivity index (χ2n) is 6.28. The standard InChI is InChI=1S/C22H20N2O4/c1-26-15-9-7-14(8-10-15)24-22(25)13-23-18-12-20-17(11-21(18)27-2)16-5-3-4-6-19(16)28-20/h3-12,23H,13H2,1-2H3,(H,24,25). The highest BCUT2D eigenvalue weighted by Gasteiger charge is 2.13. The van der Waals surface area contributed by atoms with Gasteiger partial charge in [0.05, 0.1) is 26.5 Å². The van der Waals surface area contributed by atoms with Crippen molar-refractivity contribution < 1.29 is 18.7 Å². The van der Waals surface area contributed by atoms with Gasteiger partial charge in [0.2, 0.25) is 5.91 Å². The molecule has 0 saturated heterocycles. The number of benzene rings is 3. The quantitative estimate of drug-likeness (QED) is 0.512. The van der Waals surface area contributed by atoms with Gasteiger partial charge in [0, 0.05) is 22.5 Å². The molecule has 0 saturated carbocycles. The molecule has 3 aromatic carbocycles. The zero-order valence-electron chi connectivity index (χ0n) is 15.6. The van der Waals surface area contributed by atoms with Crippen LogP contribution in [-0.4, -0.2) is 26.7 Å². The van der Waals surface area contributed by atoms with Crippen LogP contribution in [0.25, 0.3) is 21.9 Å². The number of furan rings is 1. The molecule has 28 heavy (non-hydrogen) atoms. The number of hydrogen-bond donors (Lipinski definition) is 2. The lowest BCUT2D eigenvalue weighted by Gasteiger charge is -2.12. The Bertz CT molecular complexity index is 1130. The third-order valence-electron chi connectivity index (χ3n) is 4.51.